The van der Waals surface area contributed by atoms with Crippen molar-refractivity contribution in [1.29, 1.82) is 0 Å². The molecule has 2 aromatic carbocycles. The molecule has 2 aliphatic rings. The van der Waals surface area contributed by atoms with Gasteiger partial charge in [0.05, 0.1) is 21.5 Å². The second-order valence-corrected chi connectivity index (χ2v) is 11.8. The molecule has 7 heteroatoms. The average Bonchev–Trinajstić information content (AvgIpc) is 3.07. The molecule has 0 radical (unpaired) electrons. The first-order valence-corrected chi connectivity index (χ1v) is 13.2. The zero-order chi connectivity index (χ0) is 20.9. The zero-order valence-electron chi connectivity index (χ0n) is 17.3. The topological polar surface area (TPSA) is 62.3 Å². The van der Waals surface area contributed by atoms with Crippen molar-refractivity contribution >= 4 is 37.3 Å². The number of piperidine rings is 1. The van der Waals surface area contributed by atoms with Crippen molar-refractivity contribution in [3.8, 4) is 0 Å². The number of hydrogen-bond donors (Lipinski definition) is 1. The third-order valence-electron chi connectivity index (χ3n) is 6.82. The van der Waals surface area contributed by atoms with E-state index in [1.165, 1.54) is 21.5 Å². The Morgan fingerprint density at radius 3 is 2.67 bits per heavy atom. The van der Waals surface area contributed by atoms with E-state index < -0.39 is 10.0 Å². The Bertz CT molecular complexity index is 1140. The minimum Gasteiger partial charge on any atom is -0.303 e. The highest BCUT2D eigenvalue weighted by atomic mass is 32.2. The van der Waals surface area contributed by atoms with Crippen LogP contribution in [-0.4, -0.2) is 44.2 Å². The highest BCUT2D eigenvalue weighted by Crippen LogP contribution is 2.63. The van der Waals surface area contributed by atoms with E-state index in [1.54, 1.807) is 0 Å². The maximum absolute atomic E-state index is 11.5. The number of nitrogens with one attached hydrogen (secondary N) is 1. The average molecular weight is 442 g/mol. The number of nitrogens with zero attached hydrogens (tertiary/aromatic N) is 2. The third-order valence-corrected chi connectivity index (χ3v) is 8.52. The van der Waals surface area contributed by atoms with Crippen LogP contribution in [0.1, 0.15) is 23.9 Å². The summed E-state index contributed by atoms with van der Waals surface area (Å²) >= 11 is 1.81. The number of aromatic nitrogens is 1. The molecular formula is C23H27N3O2S2. The quantitative estimate of drug-likeness (QED) is 0.599. The number of aryl methyl sites for hydroxylation is 1. The van der Waals surface area contributed by atoms with Gasteiger partial charge in [-0.2, -0.15) is 0 Å². The van der Waals surface area contributed by atoms with E-state index >= 15 is 0 Å². The summed E-state index contributed by atoms with van der Waals surface area (Å²) in [6, 6.07) is 16.3. The second kappa shape index (κ2) is 7.32. The van der Waals surface area contributed by atoms with Gasteiger partial charge in [-0.1, -0.05) is 31.2 Å². The largest absolute Gasteiger partial charge is 0.303 e. The van der Waals surface area contributed by atoms with E-state index in [4.69, 9.17) is 4.98 Å². The van der Waals surface area contributed by atoms with Crippen LogP contribution in [0.15, 0.2) is 48.5 Å². The Kier molecular flexibility index (Phi) is 4.87. The third kappa shape index (κ3) is 3.74. The van der Waals surface area contributed by atoms with Gasteiger partial charge in [-0.05, 0) is 54.6 Å². The standard InChI is InChI=1S/C23H27N3O2S2/c1-23(16-7-5-8-17(13-16)25-30(2,27)28)18-14-26(15-19(18)23)12-6-11-22-24-20-9-3-4-10-21(20)29-22/h3-5,7-10,13,18-19,25H,6,11-12,14-15H2,1-2H3. The van der Waals surface area contributed by atoms with Gasteiger partial charge in [0, 0.05) is 30.6 Å². The summed E-state index contributed by atoms with van der Waals surface area (Å²) in [5.74, 6) is 1.32. The molecule has 5 nitrogen and oxygen atoms in total. The van der Waals surface area contributed by atoms with Crippen LogP contribution >= 0.6 is 11.3 Å². The molecule has 1 aromatic heterocycles. The summed E-state index contributed by atoms with van der Waals surface area (Å²) < 4.78 is 27.0. The van der Waals surface area contributed by atoms with Gasteiger partial charge in [0.15, 0.2) is 0 Å². The molecule has 0 amide bonds. The fourth-order valence-electron chi connectivity index (χ4n) is 5.19. The molecule has 3 aromatic rings. The van der Waals surface area contributed by atoms with E-state index in [9.17, 15) is 8.42 Å². The first-order valence-electron chi connectivity index (χ1n) is 10.5. The van der Waals surface area contributed by atoms with Crippen molar-refractivity contribution in [3.05, 3.63) is 59.1 Å². The van der Waals surface area contributed by atoms with Gasteiger partial charge in [-0.15, -0.1) is 11.3 Å². The van der Waals surface area contributed by atoms with Gasteiger partial charge in [0.1, 0.15) is 0 Å². The molecule has 2 unspecified atom stereocenters. The maximum atomic E-state index is 11.5. The minimum absolute atomic E-state index is 0.165. The van der Waals surface area contributed by atoms with Crippen molar-refractivity contribution in [2.45, 2.75) is 25.2 Å². The fourth-order valence-corrected chi connectivity index (χ4v) is 6.75. The summed E-state index contributed by atoms with van der Waals surface area (Å²) in [4.78, 5) is 7.33. The highest BCUT2D eigenvalue weighted by Gasteiger charge is 2.65. The summed E-state index contributed by atoms with van der Waals surface area (Å²) in [6.07, 6.45) is 3.38. The van der Waals surface area contributed by atoms with E-state index in [1.807, 2.05) is 35.6 Å². The van der Waals surface area contributed by atoms with E-state index in [0.717, 1.165) is 38.0 Å². The van der Waals surface area contributed by atoms with Crippen molar-refractivity contribution < 1.29 is 8.42 Å². The fraction of sp³-hybridized carbons (Fsp3) is 0.435. The van der Waals surface area contributed by atoms with Crippen LogP contribution in [-0.2, 0) is 21.9 Å². The molecule has 2 atom stereocenters. The predicted octanol–water partition coefficient (Wildman–Crippen LogP) is 4.12. The van der Waals surface area contributed by atoms with Gasteiger partial charge in [0.25, 0.3) is 0 Å². The lowest BCUT2D eigenvalue weighted by molar-refractivity contribution is 0.274. The van der Waals surface area contributed by atoms with Crippen LogP contribution in [0.5, 0.6) is 0 Å². The summed E-state index contributed by atoms with van der Waals surface area (Å²) in [5.41, 5.74) is 3.19. The van der Waals surface area contributed by atoms with Crippen LogP contribution in [0, 0.1) is 11.8 Å². The van der Waals surface area contributed by atoms with Crippen molar-refractivity contribution in [2.24, 2.45) is 11.8 Å². The molecule has 1 saturated heterocycles. The number of sulfonamides is 1. The molecule has 1 N–H and O–H groups in total. The Labute approximate surface area is 182 Å². The second-order valence-electron chi connectivity index (χ2n) is 8.89. The van der Waals surface area contributed by atoms with Gasteiger partial charge >= 0.3 is 0 Å². The summed E-state index contributed by atoms with van der Waals surface area (Å²) in [5, 5.41) is 1.24. The number of rotatable bonds is 7. The highest BCUT2D eigenvalue weighted by molar-refractivity contribution is 7.92. The molecule has 5 rings (SSSR count). The van der Waals surface area contributed by atoms with Gasteiger partial charge in [0.2, 0.25) is 10.0 Å². The smallest absolute Gasteiger partial charge is 0.229 e. The lowest BCUT2D eigenvalue weighted by Gasteiger charge is -2.24. The zero-order valence-corrected chi connectivity index (χ0v) is 19.0. The lowest BCUT2D eigenvalue weighted by Crippen LogP contribution is -2.30. The molecule has 1 saturated carbocycles. The number of thiazole rings is 1. The minimum atomic E-state index is -3.25. The van der Waals surface area contributed by atoms with Gasteiger partial charge < -0.3 is 4.90 Å². The Morgan fingerprint density at radius 2 is 1.93 bits per heavy atom. The van der Waals surface area contributed by atoms with Crippen LogP contribution in [0.3, 0.4) is 0 Å². The summed E-state index contributed by atoms with van der Waals surface area (Å²) in [6.45, 7) is 5.71. The maximum Gasteiger partial charge on any atom is 0.229 e. The number of para-hydroxylation sites is 1. The Morgan fingerprint density at radius 1 is 1.17 bits per heavy atom. The first-order chi connectivity index (χ1) is 14.3. The van der Waals surface area contributed by atoms with E-state index in [2.05, 4.69) is 40.8 Å². The van der Waals surface area contributed by atoms with Gasteiger partial charge in [-0.25, -0.2) is 13.4 Å². The molecular weight excluding hydrogens is 414 g/mol. The molecule has 2 fully saturated rings. The van der Waals surface area contributed by atoms with E-state index in [0.29, 0.717) is 17.5 Å². The number of anilines is 1. The molecule has 0 bridgehead atoms. The van der Waals surface area contributed by atoms with Gasteiger partial charge in [-0.3, -0.25) is 4.72 Å². The Balaban J connectivity index is 1.16. The molecule has 1 aliphatic heterocycles. The van der Waals surface area contributed by atoms with Crippen LogP contribution in [0.25, 0.3) is 10.2 Å². The monoisotopic (exact) mass is 441 g/mol. The number of fused-ring (bicyclic) bond motifs is 2. The number of hydrogen-bond acceptors (Lipinski definition) is 5. The van der Waals surface area contributed by atoms with Crippen molar-refractivity contribution in [1.82, 2.24) is 9.88 Å². The molecule has 0 spiro atoms. The number of likely N-dealkylation sites (tertiary alicyclic amines) is 1. The van der Waals surface area contributed by atoms with Crippen LogP contribution in [0.2, 0.25) is 0 Å². The molecule has 1 aliphatic carbocycles. The van der Waals surface area contributed by atoms with Crippen molar-refractivity contribution in [2.75, 3.05) is 30.6 Å². The number of benzene rings is 2. The van der Waals surface area contributed by atoms with Crippen LogP contribution < -0.4 is 4.72 Å². The molecule has 2 heterocycles. The van der Waals surface area contributed by atoms with Crippen LogP contribution in [0.4, 0.5) is 5.69 Å². The SMILES string of the molecule is CC1(c2cccc(NS(C)(=O)=O)c2)C2CN(CCCc3nc4ccccc4s3)CC21. The first kappa shape index (κ1) is 20.0. The van der Waals surface area contributed by atoms with Crippen molar-refractivity contribution in [3.63, 3.8) is 0 Å². The molecule has 30 heavy (non-hydrogen) atoms. The predicted molar refractivity (Wildman–Crippen MR) is 124 cm³/mol. The molecule has 158 valence electrons. The summed E-state index contributed by atoms with van der Waals surface area (Å²) in [7, 11) is -3.25. The Hall–Kier alpha value is -1.96. The van der Waals surface area contributed by atoms with E-state index in [-0.39, 0.29) is 5.41 Å². The lowest BCUT2D eigenvalue weighted by atomic mass is 9.92. The normalized spacial score (nSPS) is 26.1.